The van der Waals surface area contributed by atoms with Gasteiger partial charge in [-0.15, -0.1) is 0 Å². The Morgan fingerprint density at radius 3 is 1.31 bits per heavy atom. The summed E-state index contributed by atoms with van der Waals surface area (Å²) in [5.41, 5.74) is 3.35. The van der Waals surface area contributed by atoms with Crippen LogP contribution >= 0.6 is 23.2 Å². The van der Waals surface area contributed by atoms with E-state index in [1.54, 1.807) is 36.0 Å². The van der Waals surface area contributed by atoms with Gasteiger partial charge >= 0.3 is 11.9 Å². The Kier molecular flexibility index (Phi) is 22.2. The molecule has 2 amide bonds. The van der Waals surface area contributed by atoms with E-state index in [0.717, 1.165) is 98.7 Å². The number of hydrogen-bond donors (Lipinski definition) is 4. The summed E-state index contributed by atoms with van der Waals surface area (Å²) in [5.74, 6) is -0.339. The molecule has 20 heteroatoms. The van der Waals surface area contributed by atoms with Crippen LogP contribution in [0.5, 0.6) is 11.5 Å². The fourth-order valence-electron chi connectivity index (χ4n) is 16.5. The van der Waals surface area contributed by atoms with Gasteiger partial charge in [-0.1, -0.05) is 113 Å². The molecule has 100 heavy (non-hydrogen) atoms. The summed E-state index contributed by atoms with van der Waals surface area (Å²) in [6.07, 6.45) is 19.5. The van der Waals surface area contributed by atoms with E-state index in [2.05, 4.69) is 126 Å². The van der Waals surface area contributed by atoms with Gasteiger partial charge in [-0.25, -0.2) is 0 Å². The van der Waals surface area contributed by atoms with Crippen molar-refractivity contribution < 1.29 is 57.9 Å². The van der Waals surface area contributed by atoms with Gasteiger partial charge in [0, 0.05) is 87.1 Å². The number of amides is 2. The van der Waals surface area contributed by atoms with Gasteiger partial charge in [-0.05, 0) is 219 Å². The molecule has 2 saturated carbocycles. The Morgan fingerprint density at radius 2 is 0.970 bits per heavy atom. The zero-order valence-corrected chi connectivity index (χ0v) is 64.8. The Morgan fingerprint density at radius 1 is 0.580 bits per heavy atom. The molecule has 8 aliphatic rings. The first kappa shape index (κ1) is 75.5. The highest BCUT2D eigenvalue weighted by atomic mass is 35.5. The second kappa shape index (κ2) is 29.4. The normalized spacial score (nSPS) is 29.7. The molecule has 0 unspecified atom stereocenters. The number of fused-ring (bicyclic) bond motifs is 8. The van der Waals surface area contributed by atoms with Crippen molar-refractivity contribution in [2.45, 2.75) is 202 Å². The number of aliphatic hydroxyl groups excluding tert-OH is 2. The van der Waals surface area contributed by atoms with Crippen molar-refractivity contribution in [2.75, 3.05) is 89.6 Å². The molecule has 0 aromatic heterocycles. The van der Waals surface area contributed by atoms with Crippen LogP contribution < -0.4 is 19.3 Å². The van der Waals surface area contributed by atoms with Crippen LogP contribution in [0.15, 0.2) is 97.1 Å². The first-order chi connectivity index (χ1) is 47.2. The standard InChI is InChI=1S/2C40H55ClN2O6Si/c2*1-38(2,3)50(5,6)49-34-11-7-8-19-42(4)36(45)22-40(25-44,37(46)47)29-13-17-35-33(21-29)43(23-28-12-15-31(28)34)24-39(26-48-35)18-9-10-27-20-30(41)14-16-32(27)39/h2*7,11,13-14,16-17,20-21,28,31,34,44H,8-10,12,15,18-19,22-26H2,1-6H3,(H,46,47)/b2*11-7+/t28-,31+,34-,39-,40+;28-,31+,34-,39-,40-/m00/s1. The topological polar surface area (TPSA) is 199 Å². The predicted octanol–water partition coefficient (Wildman–Crippen LogP) is 14.7. The molecule has 16 nitrogen and oxygen atoms in total. The van der Waals surface area contributed by atoms with Gasteiger partial charge in [0.2, 0.25) is 11.8 Å². The van der Waals surface area contributed by atoms with E-state index in [1.807, 2.05) is 36.4 Å². The molecule has 4 bridgehead atoms. The Hall–Kier alpha value is -5.71. The highest BCUT2D eigenvalue weighted by Gasteiger charge is 2.52. The summed E-state index contributed by atoms with van der Waals surface area (Å²) in [5, 5.41) is 44.4. The van der Waals surface area contributed by atoms with Gasteiger partial charge in [-0.3, -0.25) is 19.2 Å². The van der Waals surface area contributed by atoms with Crippen molar-refractivity contribution in [1.82, 2.24) is 9.80 Å². The van der Waals surface area contributed by atoms with E-state index < -0.39 is 52.6 Å². The number of benzene rings is 4. The Balaban J connectivity index is 0.000000202. The summed E-state index contributed by atoms with van der Waals surface area (Å²) in [6.45, 7) is 26.3. The summed E-state index contributed by atoms with van der Waals surface area (Å²) in [7, 11) is -0.803. The number of halogens is 2. The van der Waals surface area contributed by atoms with E-state index in [4.69, 9.17) is 41.5 Å². The van der Waals surface area contributed by atoms with E-state index in [-0.39, 0.29) is 57.8 Å². The smallest absolute Gasteiger partial charge is 0.317 e. The lowest BCUT2D eigenvalue weighted by Crippen LogP contribution is -2.52. The van der Waals surface area contributed by atoms with Gasteiger partial charge in [0.15, 0.2) is 16.6 Å². The number of carboxylic acid groups (broad SMARTS) is 2. The maximum Gasteiger partial charge on any atom is 0.317 e. The number of hydrogen-bond acceptors (Lipinski definition) is 12. The molecule has 0 radical (unpaired) electrons. The molecule has 10 atom stereocenters. The molecular weight excluding hydrogens is 1340 g/mol. The second-order valence-corrected chi connectivity index (χ2v) is 44.2. The van der Waals surface area contributed by atoms with Crippen molar-refractivity contribution in [3.8, 4) is 11.5 Å². The van der Waals surface area contributed by atoms with E-state index >= 15 is 0 Å². The van der Waals surface area contributed by atoms with Crippen LogP contribution in [0.3, 0.4) is 0 Å². The van der Waals surface area contributed by atoms with E-state index in [0.29, 0.717) is 98.5 Å². The number of carbonyl (C=O) groups excluding carboxylic acids is 2. The number of carboxylic acids is 2. The van der Waals surface area contributed by atoms with Gasteiger partial charge in [0.25, 0.3) is 0 Å². The molecule has 4 heterocycles. The first-order valence-corrected chi connectivity index (χ1v) is 43.2. The molecule has 4 N–H and O–H groups in total. The minimum atomic E-state index is -2.11. The monoisotopic (exact) mass is 1440 g/mol. The second-order valence-electron chi connectivity index (χ2n) is 33.8. The SMILES string of the molecule is CN1CC/C=C/[C@H](O[Si](C)(C)C(C)(C)C)[C@@H]2CC[C@H]2CN2C[C@@]3(CCCc4cc(Cl)ccc43)COc3ccc(cc32)[C@@](CO)(C(=O)O)CC1=O.CN1CC/C=C/[C@H](O[Si](C)(C)C(C)(C)C)[C@@H]2CC[C@H]2CN2C[C@@]3(CCCc4cc(Cl)ccc43)COc3ccc(cc32)[C@](CO)(C(=O)O)CC1=O. The number of anilines is 2. The Labute approximate surface area is 606 Å². The zero-order chi connectivity index (χ0) is 72.1. The largest absolute Gasteiger partial charge is 0.490 e. The van der Waals surface area contributed by atoms with Crippen LogP contribution in [0.4, 0.5) is 11.4 Å². The Bertz CT molecular complexity index is 3520. The number of rotatable bonds is 8. The third kappa shape index (κ3) is 15.0. The minimum Gasteiger partial charge on any atom is -0.490 e. The fourth-order valence-corrected chi connectivity index (χ4v) is 19.5. The van der Waals surface area contributed by atoms with Crippen molar-refractivity contribution >= 4 is 75.0 Å². The molecule has 2 spiro atoms. The van der Waals surface area contributed by atoms with Gasteiger partial charge in [0.05, 0.1) is 50.0 Å². The molecule has 4 aromatic carbocycles. The predicted molar refractivity (Wildman–Crippen MR) is 402 cm³/mol. The summed E-state index contributed by atoms with van der Waals surface area (Å²) < 4.78 is 27.7. The number of aliphatic carboxylic acids is 2. The number of ether oxygens (including phenoxy) is 2. The maximum atomic E-state index is 13.6. The van der Waals surface area contributed by atoms with E-state index in [9.17, 15) is 39.6 Å². The molecule has 4 aliphatic carbocycles. The highest BCUT2D eigenvalue weighted by molar-refractivity contribution is 6.74. The minimum absolute atomic E-state index is 0.0295. The van der Waals surface area contributed by atoms with Crippen LogP contribution in [-0.2, 0) is 62.5 Å². The third-order valence-corrected chi connectivity index (χ3v) is 34.8. The first-order valence-electron chi connectivity index (χ1n) is 36.7. The van der Waals surface area contributed by atoms with Crippen LogP contribution in [0.25, 0.3) is 0 Å². The van der Waals surface area contributed by atoms with Crippen molar-refractivity contribution in [1.29, 1.82) is 0 Å². The number of carbonyl (C=O) groups is 4. The average molecular weight is 1450 g/mol. The average Bonchev–Trinajstić information content (AvgIpc) is 1.51. The molecular formula is C80H110Cl2N4O12Si2. The molecule has 544 valence electrons. The maximum absolute atomic E-state index is 13.6. The molecule has 12 rings (SSSR count). The quantitative estimate of drug-likeness (QED) is 0.0959. The van der Waals surface area contributed by atoms with Crippen LogP contribution in [0.1, 0.15) is 152 Å². The van der Waals surface area contributed by atoms with Crippen LogP contribution in [0, 0.1) is 23.7 Å². The highest BCUT2D eigenvalue weighted by Crippen LogP contribution is 2.53. The van der Waals surface area contributed by atoms with Gasteiger partial charge in [-0.2, -0.15) is 0 Å². The molecule has 2 fully saturated rings. The third-order valence-electron chi connectivity index (χ3n) is 25.4. The van der Waals surface area contributed by atoms with E-state index in [1.165, 1.54) is 22.3 Å². The van der Waals surface area contributed by atoms with Gasteiger partial charge < -0.3 is 58.4 Å². The number of aryl methyl sites for hydroxylation is 2. The number of nitrogens with zero attached hydrogens (tertiary/aromatic N) is 4. The molecule has 4 aliphatic heterocycles. The van der Waals surface area contributed by atoms with Crippen molar-refractivity contribution in [2.24, 2.45) is 23.7 Å². The summed E-state index contributed by atoms with van der Waals surface area (Å²) >= 11 is 13.0. The molecule has 0 saturated heterocycles. The fraction of sp³-hybridized carbons (Fsp3) is 0.600. The number of aliphatic hydroxyl groups is 2. The summed E-state index contributed by atoms with van der Waals surface area (Å²) in [4.78, 5) is 61.3. The van der Waals surface area contributed by atoms with Crippen molar-refractivity contribution in [3.05, 3.63) is 141 Å². The lowest BCUT2D eigenvalue weighted by Gasteiger charge is -2.48. The zero-order valence-electron chi connectivity index (χ0n) is 61.3. The van der Waals surface area contributed by atoms with Crippen molar-refractivity contribution in [3.63, 3.8) is 0 Å². The lowest BCUT2D eigenvalue weighted by molar-refractivity contribution is -0.150. The lowest BCUT2D eigenvalue weighted by atomic mass is 9.68. The van der Waals surface area contributed by atoms with Gasteiger partial charge in [0.1, 0.15) is 22.3 Å². The van der Waals surface area contributed by atoms with Crippen LogP contribution in [0.2, 0.25) is 46.3 Å². The summed E-state index contributed by atoms with van der Waals surface area (Å²) in [6, 6.07) is 23.4. The molecule has 4 aromatic rings. The van der Waals surface area contributed by atoms with Crippen LogP contribution in [-0.4, -0.2) is 163 Å².